The molecule has 0 saturated heterocycles. The summed E-state index contributed by atoms with van der Waals surface area (Å²) in [5, 5.41) is 11.4. The molecule has 0 heterocycles. The molecule has 12 heavy (non-hydrogen) atoms. The van der Waals surface area contributed by atoms with Gasteiger partial charge in [0.25, 0.3) is 0 Å². The van der Waals surface area contributed by atoms with E-state index < -0.39 is 0 Å². The van der Waals surface area contributed by atoms with Gasteiger partial charge in [0.2, 0.25) is 0 Å². The molecule has 0 radical (unpaired) electrons. The molecule has 0 fully saturated rings. The number of hydrogen-bond acceptors (Lipinski definition) is 1. The van der Waals surface area contributed by atoms with Crippen LogP contribution in [0.2, 0.25) is 0 Å². The van der Waals surface area contributed by atoms with Gasteiger partial charge in [-0.1, -0.05) is 26.2 Å². The van der Waals surface area contributed by atoms with Gasteiger partial charge in [-0.25, -0.2) is 0 Å². The first-order chi connectivity index (χ1) is 5.48. The van der Waals surface area contributed by atoms with Crippen molar-refractivity contribution in [2.24, 2.45) is 0 Å². The SMILES string of the molecule is CCCCCCC(C)[N+](C)(C)[O-]. The van der Waals surface area contributed by atoms with Gasteiger partial charge in [-0.3, -0.25) is 0 Å². The Bertz CT molecular complexity index is 107. The average Bonchev–Trinajstić information content (AvgIpc) is 1.96. The van der Waals surface area contributed by atoms with E-state index in [-0.39, 0.29) is 10.7 Å². The van der Waals surface area contributed by atoms with Crippen molar-refractivity contribution in [2.45, 2.75) is 52.0 Å². The highest BCUT2D eigenvalue weighted by atomic mass is 16.5. The molecule has 0 aromatic carbocycles. The van der Waals surface area contributed by atoms with E-state index in [2.05, 4.69) is 6.92 Å². The topological polar surface area (TPSA) is 23.1 Å². The summed E-state index contributed by atoms with van der Waals surface area (Å²) >= 11 is 0. The van der Waals surface area contributed by atoms with Crippen molar-refractivity contribution in [3.63, 3.8) is 0 Å². The van der Waals surface area contributed by atoms with Crippen LogP contribution in [0.15, 0.2) is 0 Å². The van der Waals surface area contributed by atoms with Gasteiger partial charge in [-0.15, -0.1) is 0 Å². The van der Waals surface area contributed by atoms with E-state index >= 15 is 0 Å². The summed E-state index contributed by atoms with van der Waals surface area (Å²) in [6, 6.07) is 0.252. The number of hydroxylamine groups is 3. The summed E-state index contributed by atoms with van der Waals surface area (Å²) in [6.07, 6.45) is 6.12. The largest absolute Gasteiger partial charge is 0.633 e. The van der Waals surface area contributed by atoms with Gasteiger partial charge in [0.05, 0.1) is 20.1 Å². The fourth-order valence-corrected chi connectivity index (χ4v) is 1.18. The average molecular weight is 173 g/mol. The van der Waals surface area contributed by atoms with E-state index in [1.165, 1.54) is 25.7 Å². The lowest BCUT2D eigenvalue weighted by Gasteiger charge is -2.40. The minimum Gasteiger partial charge on any atom is -0.633 e. The zero-order valence-electron chi connectivity index (χ0n) is 8.97. The molecule has 0 bridgehead atoms. The molecule has 0 aliphatic heterocycles. The third kappa shape index (κ3) is 5.56. The van der Waals surface area contributed by atoms with Gasteiger partial charge < -0.3 is 9.85 Å². The molecule has 0 aliphatic carbocycles. The first kappa shape index (κ1) is 11.9. The van der Waals surface area contributed by atoms with Crippen LogP contribution in [0.25, 0.3) is 0 Å². The van der Waals surface area contributed by atoms with Crippen LogP contribution in [0, 0.1) is 5.21 Å². The maximum absolute atomic E-state index is 11.4. The molecule has 0 amide bonds. The second-order valence-electron chi connectivity index (χ2n) is 4.13. The van der Waals surface area contributed by atoms with Crippen LogP contribution in [0.3, 0.4) is 0 Å². The van der Waals surface area contributed by atoms with Crippen LogP contribution < -0.4 is 0 Å². The summed E-state index contributed by atoms with van der Waals surface area (Å²) in [5.74, 6) is 0. The van der Waals surface area contributed by atoms with Crippen molar-refractivity contribution in [1.29, 1.82) is 0 Å². The molecule has 74 valence electrons. The summed E-state index contributed by atoms with van der Waals surface area (Å²) < 4.78 is -0.147. The highest BCUT2D eigenvalue weighted by Crippen LogP contribution is 2.12. The molecular formula is C10H23NO. The lowest BCUT2D eigenvalue weighted by Crippen LogP contribution is -2.41. The van der Waals surface area contributed by atoms with Gasteiger partial charge in [-0.2, -0.15) is 0 Å². The van der Waals surface area contributed by atoms with E-state index in [4.69, 9.17) is 0 Å². The molecule has 2 heteroatoms. The first-order valence-corrected chi connectivity index (χ1v) is 5.03. The molecule has 1 atom stereocenters. The van der Waals surface area contributed by atoms with Crippen molar-refractivity contribution in [3.05, 3.63) is 5.21 Å². The highest BCUT2D eigenvalue weighted by molar-refractivity contribution is 4.52. The fourth-order valence-electron chi connectivity index (χ4n) is 1.18. The molecule has 0 aliphatic rings. The van der Waals surface area contributed by atoms with Crippen LogP contribution in [0.4, 0.5) is 0 Å². The van der Waals surface area contributed by atoms with Gasteiger partial charge in [0.1, 0.15) is 0 Å². The van der Waals surface area contributed by atoms with Gasteiger partial charge in [0.15, 0.2) is 0 Å². The Morgan fingerprint density at radius 3 is 2.17 bits per heavy atom. The third-order valence-corrected chi connectivity index (χ3v) is 2.54. The number of rotatable bonds is 6. The summed E-state index contributed by atoms with van der Waals surface area (Å²) in [6.45, 7) is 4.25. The Kier molecular flexibility index (Phi) is 5.51. The first-order valence-electron chi connectivity index (χ1n) is 5.03. The van der Waals surface area contributed by atoms with Crippen LogP contribution in [0.1, 0.15) is 46.0 Å². The molecule has 0 rings (SSSR count). The van der Waals surface area contributed by atoms with E-state index in [0.29, 0.717) is 0 Å². The normalized spacial score (nSPS) is 14.8. The molecule has 0 aromatic heterocycles. The van der Waals surface area contributed by atoms with Crippen molar-refractivity contribution in [3.8, 4) is 0 Å². The maximum Gasteiger partial charge on any atom is 0.0854 e. The monoisotopic (exact) mass is 173 g/mol. The van der Waals surface area contributed by atoms with Crippen LogP contribution in [-0.4, -0.2) is 24.8 Å². The van der Waals surface area contributed by atoms with Gasteiger partial charge in [0, 0.05) is 0 Å². The van der Waals surface area contributed by atoms with E-state index in [0.717, 1.165) is 6.42 Å². The molecule has 1 unspecified atom stereocenters. The molecule has 0 saturated carbocycles. The Morgan fingerprint density at radius 2 is 1.75 bits per heavy atom. The van der Waals surface area contributed by atoms with Crippen molar-refractivity contribution < 1.29 is 4.65 Å². The van der Waals surface area contributed by atoms with Gasteiger partial charge in [-0.05, 0) is 19.8 Å². The number of nitrogens with zero attached hydrogens (tertiary/aromatic N) is 1. The highest BCUT2D eigenvalue weighted by Gasteiger charge is 2.12. The van der Waals surface area contributed by atoms with E-state index in [1.807, 2.05) is 6.92 Å². The summed E-state index contributed by atoms with van der Waals surface area (Å²) in [4.78, 5) is 0. The van der Waals surface area contributed by atoms with E-state index in [9.17, 15) is 5.21 Å². The smallest absolute Gasteiger partial charge is 0.0854 e. The van der Waals surface area contributed by atoms with Crippen molar-refractivity contribution >= 4 is 0 Å². The molecular weight excluding hydrogens is 150 g/mol. The molecule has 0 spiro atoms. The predicted octanol–water partition coefficient (Wildman–Crippen LogP) is 2.92. The van der Waals surface area contributed by atoms with E-state index in [1.54, 1.807) is 14.1 Å². The molecule has 0 N–H and O–H groups in total. The number of hydrogen-bond donors (Lipinski definition) is 0. The zero-order valence-corrected chi connectivity index (χ0v) is 8.97. The van der Waals surface area contributed by atoms with Crippen LogP contribution in [-0.2, 0) is 0 Å². The Hall–Kier alpha value is -0.0800. The molecule has 0 aromatic rings. The standard InChI is InChI=1S/C10H23NO/c1-5-6-7-8-9-10(2)11(3,4)12/h10H,5-9H2,1-4H3. The van der Waals surface area contributed by atoms with Crippen LogP contribution >= 0.6 is 0 Å². The zero-order chi connectivity index (χ0) is 9.61. The second kappa shape index (κ2) is 5.55. The third-order valence-electron chi connectivity index (χ3n) is 2.54. The minimum absolute atomic E-state index is 0.147. The van der Waals surface area contributed by atoms with Crippen LogP contribution in [0.5, 0.6) is 0 Å². The number of quaternary nitrogens is 1. The summed E-state index contributed by atoms with van der Waals surface area (Å²) in [7, 11) is 3.45. The number of unbranched alkanes of at least 4 members (excludes halogenated alkanes) is 3. The van der Waals surface area contributed by atoms with Gasteiger partial charge >= 0.3 is 0 Å². The van der Waals surface area contributed by atoms with Crippen molar-refractivity contribution in [2.75, 3.05) is 14.1 Å². The minimum atomic E-state index is -0.147. The Morgan fingerprint density at radius 1 is 1.17 bits per heavy atom. The Labute approximate surface area is 76.7 Å². The van der Waals surface area contributed by atoms with Crippen molar-refractivity contribution in [1.82, 2.24) is 0 Å². The quantitative estimate of drug-likeness (QED) is 0.344. The Balaban J connectivity index is 3.38. The predicted molar refractivity (Wildman–Crippen MR) is 53.7 cm³/mol. The lowest BCUT2D eigenvalue weighted by atomic mass is 10.1. The second-order valence-corrected chi connectivity index (χ2v) is 4.13. The lowest BCUT2D eigenvalue weighted by molar-refractivity contribution is -0.864. The maximum atomic E-state index is 11.4. The molecule has 2 nitrogen and oxygen atoms in total. The fraction of sp³-hybridized carbons (Fsp3) is 1.00. The summed E-state index contributed by atoms with van der Waals surface area (Å²) in [5.41, 5.74) is 0.